The molecule has 0 saturated heterocycles. The topological polar surface area (TPSA) is 50.7 Å². The number of methoxy groups -OCH3 is 1. The lowest BCUT2D eigenvalue weighted by Crippen LogP contribution is -2.22. The summed E-state index contributed by atoms with van der Waals surface area (Å²) in [6.07, 6.45) is 0.807. The molecule has 0 aliphatic rings. The van der Waals surface area contributed by atoms with Crippen molar-refractivity contribution in [2.24, 2.45) is 0 Å². The van der Waals surface area contributed by atoms with Crippen molar-refractivity contribution >= 4 is 0 Å². The van der Waals surface area contributed by atoms with E-state index >= 15 is 0 Å². The predicted molar refractivity (Wildman–Crippen MR) is 71.9 cm³/mol. The molecule has 0 bridgehead atoms. The average molecular weight is 271 g/mol. The molecular formula is C14H22FNO3. The van der Waals surface area contributed by atoms with Gasteiger partial charge in [0, 0.05) is 18.2 Å². The minimum atomic E-state index is -0.268. The predicted octanol–water partition coefficient (Wildman–Crippen LogP) is 1.88. The van der Waals surface area contributed by atoms with Gasteiger partial charge in [-0.25, -0.2) is 4.39 Å². The van der Waals surface area contributed by atoms with E-state index in [1.54, 1.807) is 12.1 Å². The Balaban J connectivity index is 2.43. The summed E-state index contributed by atoms with van der Waals surface area (Å²) in [5, 5.41) is 11.8. The van der Waals surface area contributed by atoms with Crippen LogP contribution in [0.5, 0.6) is 5.75 Å². The summed E-state index contributed by atoms with van der Waals surface area (Å²) in [7, 11) is 1.54. The number of nitrogens with one attached hydrogen (secondary N) is 1. The smallest absolute Gasteiger partial charge is 0.131 e. The van der Waals surface area contributed by atoms with Gasteiger partial charge in [0.15, 0.2) is 0 Å². The summed E-state index contributed by atoms with van der Waals surface area (Å²) in [5.41, 5.74) is 0.543. The van der Waals surface area contributed by atoms with Gasteiger partial charge in [0.2, 0.25) is 0 Å². The van der Waals surface area contributed by atoms with E-state index in [0.717, 1.165) is 6.42 Å². The zero-order chi connectivity index (χ0) is 14.1. The Hall–Kier alpha value is -1.17. The van der Waals surface area contributed by atoms with Crippen molar-refractivity contribution in [3.8, 4) is 5.75 Å². The third kappa shape index (κ3) is 5.14. The van der Waals surface area contributed by atoms with Gasteiger partial charge in [-0.3, -0.25) is 0 Å². The number of benzene rings is 1. The SMILES string of the molecule is COc1cccc(F)c1C(C)NCCCOCCO. The molecule has 0 saturated carbocycles. The molecule has 1 aromatic carbocycles. The van der Waals surface area contributed by atoms with E-state index in [4.69, 9.17) is 14.6 Å². The van der Waals surface area contributed by atoms with Crippen LogP contribution < -0.4 is 10.1 Å². The first-order valence-electron chi connectivity index (χ1n) is 6.45. The quantitative estimate of drug-likeness (QED) is 0.673. The lowest BCUT2D eigenvalue weighted by Gasteiger charge is -2.18. The molecule has 5 heteroatoms. The fourth-order valence-corrected chi connectivity index (χ4v) is 1.88. The van der Waals surface area contributed by atoms with Gasteiger partial charge in [-0.15, -0.1) is 0 Å². The maximum absolute atomic E-state index is 13.8. The van der Waals surface area contributed by atoms with Gasteiger partial charge in [-0.2, -0.15) is 0 Å². The largest absolute Gasteiger partial charge is 0.496 e. The Bertz CT molecular complexity index is 374. The van der Waals surface area contributed by atoms with E-state index in [1.807, 2.05) is 6.92 Å². The highest BCUT2D eigenvalue weighted by Crippen LogP contribution is 2.27. The highest BCUT2D eigenvalue weighted by Gasteiger charge is 2.15. The molecule has 0 radical (unpaired) electrons. The highest BCUT2D eigenvalue weighted by molar-refractivity contribution is 5.36. The highest BCUT2D eigenvalue weighted by atomic mass is 19.1. The Kier molecular flexibility index (Phi) is 7.40. The van der Waals surface area contributed by atoms with Gasteiger partial charge in [0.05, 0.1) is 20.3 Å². The van der Waals surface area contributed by atoms with E-state index in [1.165, 1.54) is 13.2 Å². The van der Waals surface area contributed by atoms with Gasteiger partial charge < -0.3 is 19.9 Å². The van der Waals surface area contributed by atoms with Crippen LogP contribution in [-0.4, -0.2) is 38.6 Å². The van der Waals surface area contributed by atoms with Gasteiger partial charge in [-0.05, 0) is 32.0 Å². The number of aliphatic hydroxyl groups is 1. The lowest BCUT2D eigenvalue weighted by molar-refractivity contribution is 0.0904. The first-order valence-corrected chi connectivity index (χ1v) is 6.45. The average Bonchev–Trinajstić information content (AvgIpc) is 2.42. The minimum absolute atomic E-state index is 0.0380. The molecule has 1 rings (SSSR count). The Morgan fingerprint density at radius 3 is 2.84 bits per heavy atom. The number of hydrogen-bond acceptors (Lipinski definition) is 4. The van der Waals surface area contributed by atoms with Gasteiger partial charge >= 0.3 is 0 Å². The van der Waals surface area contributed by atoms with Crippen molar-refractivity contribution in [3.05, 3.63) is 29.6 Å². The van der Waals surface area contributed by atoms with Crippen molar-refractivity contribution in [2.75, 3.05) is 33.5 Å². The first-order chi connectivity index (χ1) is 9.20. The van der Waals surface area contributed by atoms with E-state index in [2.05, 4.69) is 5.32 Å². The zero-order valence-electron chi connectivity index (χ0n) is 11.5. The molecule has 0 heterocycles. The molecule has 0 aliphatic heterocycles. The van der Waals surface area contributed by atoms with Crippen LogP contribution in [0.15, 0.2) is 18.2 Å². The molecule has 0 aliphatic carbocycles. The molecule has 0 amide bonds. The summed E-state index contributed by atoms with van der Waals surface area (Å²) >= 11 is 0. The molecule has 108 valence electrons. The van der Waals surface area contributed by atoms with E-state index in [-0.39, 0.29) is 18.5 Å². The van der Waals surface area contributed by atoms with Crippen molar-refractivity contribution in [2.45, 2.75) is 19.4 Å². The molecule has 0 spiro atoms. The fraction of sp³-hybridized carbons (Fsp3) is 0.571. The summed E-state index contributed by atoms with van der Waals surface area (Å²) in [6, 6.07) is 4.68. The maximum atomic E-state index is 13.8. The second kappa shape index (κ2) is 8.85. The van der Waals surface area contributed by atoms with E-state index < -0.39 is 0 Å². The molecule has 2 N–H and O–H groups in total. The molecule has 0 aromatic heterocycles. The first kappa shape index (κ1) is 15.9. The second-order valence-electron chi connectivity index (χ2n) is 4.22. The summed E-state index contributed by atoms with van der Waals surface area (Å²) in [5.74, 6) is 0.285. The van der Waals surface area contributed by atoms with Gasteiger partial charge in [-0.1, -0.05) is 6.07 Å². The number of hydrogen-bond donors (Lipinski definition) is 2. The molecule has 1 unspecified atom stereocenters. The zero-order valence-corrected chi connectivity index (χ0v) is 11.5. The fourth-order valence-electron chi connectivity index (χ4n) is 1.88. The van der Waals surface area contributed by atoms with Gasteiger partial charge in [0.25, 0.3) is 0 Å². The minimum Gasteiger partial charge on any atom is -0.496 e. The van der Waals surface area contributed by atoms with E-state index in [0.29, 0.717) is 31.1 Å². The van der Waals surface area contributed by atoms with Crippen molar-refractivity contribution in [3.63, 3.8) is 0 Å². The number of rotatable bonds is 9. The summed E-state index contributed by atoms with van der Waals surface area (Å²) in [4.78, 5) is 0. The number of halogens is 1. The third-order valence-electron chi connectivity index (χ3n) is 2.82. The van der Waals surface area contributed by atoms with Crippen molar-refractivity contribution in [1.29, 1.82) is 0 Å². The van der Waals surface area contributed by atoms with Crippen molar-refractivity contribution < 1.29 is 19.0 Å². The van der Waals surface area contributed by atoms with Crippen LogP contribution in [0.4, 0.5) is 4.39 Å². The Morgan fingerprint density at radius 2 is 2.16 bits per heavy atom. The summed E-state index contributed by atoms with van der Waals surface area (Å²) < 4.78 is 24.1. The Labute approximate surface area is 113 Å². The van der Waals surface area contributed by atoms with Crippen LogP contribution in [0, 0.1) is 5.82 Å². The third-order valence-corrected chi connectivity index (χ3v) is 2.82. The maximum Gasteiger partial charge on any atom is 0.131 e. The van der Waals surface area contributed by atoms with Crippen LogP contribution >= 0.6 is 0 Å². The second-order valence-corrected chi connectivity index (χ2v) is 4.22. The molecule has 1 atom stereocenters. The molecular weight excluding hydrogens is 249 g/mol. The molecule has 1 aromatic rings. The standard InChI is InChI=1S/C14H22FNO3/c1-11(16-7-4-9-19-10-8-17)14-12(15)5-3-6-13(14)18-2/h3,5-6,11,16-17H,4,7-10H2,1-2H3. The number of aliphatic hydroxyl groups excluding tert-OH is 1. The molecule has 0 fully saturated rings. The van der Waals surface area contributed by atoms with E-state index in [9.17, 15) is 4.39 Å². The van der Waals surface area contributed by atoms with Crippen molar-refractivity contribution in [1.82, 2.24) is 5.32 Å². The van der Waals surface area contributed by atoms with Gasteiger partial charge in [0.1, 0.15) is 11.6 Å². The molecule has 19 heavy (non-hydrogen) atoms. The van der Waals surface area contributed by atoms with Crippen LogP contribution in [0.25, 0.3) is 0 Å². The Morgan fingerprint density at radius 1 is 1.37 bits per heavy atom. The van der Waals surface area contributed by atoms with Crippen LogP contribution in [0.3, 0.4) is 0 Å². The molecule has 4 nitrogen and oxygen atoms in total. The van der Waals surface area contributed by atoms with Crippen LogP contribution in [-0.2, 0) is 4.74 Å². The number of ether oxygens (including phenoxy) is 2. The normalized spacial score (nSPS) is 12.4. The monoisotopic (exact) mass is 271 g/mol. The van der Waals surface area contributed by atoms with Crippen LogP contribution in [0.2, 0.25) is 0 Å². The lowest BCUT2D eigenvalue weighted by atomic mass is 10.1. The summed E-state index contributed by atoms with van der Waals surface area (Å²) in [6.45, 7) is 3.58. The van der Waals surface area contributed by atoms with Crippen LogP contribution in [0.1, 0.15) is 24.9 Å².